The molecule has 356 valence electrons. The van der Waals surface area contributed by atoms with Crippen LogP contribution in [0.3, 0.4) is 0 Å². The van der Waals surface area contributed by atoms with Gasteiger partial charge in [-0.25, -0.2) is 19.2 Å². The van der Waals surface area contributed by atoms with Crippen molar-refractivity contribution in [2.75, 3.05) is 49.5 Å². The molecule has 1 fully saturated rings. The van der Waals surface area contributed by atoms with Crippen LogP contribution in [0.2, 0.25) is 0 Å². The minimum atomic E-state index is -4.78. The number of benzene rings is 2. The highest BCUT2D eigenvalue weighted by Gasteiger charge is 2.37. The summed E-state index contributed by atoms with van der Waals surface area (Å²) in [5.41, 5.74) is -2.58. The predicted octanol–water partition coefficient (Wildman–Crippen LogP) is 8.80. The normalized spacial score (nSPS) is 15.7. The Hall–Kier alpha value is -6.34. The molecular formula is C45H61F3N8O9. The molecule has 1 saturated heterocycles. The van der Waals surface area contributed by atoms with Crippen LogP contribution in [0.5, 0.6) is 0 Å². The average Bonchev–Trinajstić information content (AvgIpc) is 3.14. The van der Waals surface area contributed by atoms with Crippen molar-refractivity contribution in [3.05, 3.63) is 65.2 Å². The Morgan fingerprint density at radius 3 is 1.51 bits per heavy atom. The second kappa shape index (κ2) is 20.2. The number of carbonyl (C=O) groups is 5. The van der Waals surface area contributed by atoms with E-state index >= 15 is 0 Å². The van der Waals surface area contributed by atoms with E-state index in [1.165, 1.54) is 17.0 Å². The van der Waals surface area contributed by atoms with Crippen molar-refractivity contribution < 1.29 is 56.1 Å². The molecule has 2 aromatic carbocycles. The van der Waals surface area contributed by atoms with E-state index in [0.717, 1.165) is 17.2 Å². The Balaban J connectivity index is 1.45. The quantitative estimate of drug-likeness (QED) is 0.150. The smallest absolute Gasteiger partial charge is 0.437 e. The van der Waals surface area contributed by atoms with Gasteiger partial charge < -0.3 is 39.0 Å². The van der Waals surface area contributed by atoms with Gasteiger partial charge in [0.1, 0.15) is 22.4 Å². The van der Waals surface area contributed by atoms with Crippen LogP contribution in [0.4, 0.5) is 43.7 Å². The van der Waals surface area contributed by atoms with Crippen molar-refractivity contribution in [2.45, 2.75) is 118 Å². The van der Waals surface area contributed by atoms with E-state index in [9.17, 15) is 37.1 Å². The molecule has 17 nitrogen and oxygen atoms in total. The summed E-state index contributed by atoms with van der Waals surface area (Å²) in [6, 6.07) is 10.1. The molecule has 65 heavy (non-hydrogen) atoms. The average molecular weight is 915 g/mol. The molecule has 2 heterocycles. The molecule has 0 unspecified atom stereocenters. The van der Waals surface area contributed by atoms with Crippen molar-refractivity contribution in [1.29, 1.82) is 0 Å². The van der Waals surface area contributed by atoms with Gasteiger partial charge in [0.15, 0.2) is 0 Å². The van der Waals surface area contributed by atoms with Crippen LogP contribution in [-0.4, -0.2) is 114 Å². The van der Waals surface area contributed by atoms with Crippen molar-refractivity contribution in [3.63, 3.8) is 0 Å². The van der Waals surface area contributed by atoms with E-state index in [2.05, 4.69) is 25.9 Å². The molecule has 4 rings (SSSR count). The summed E-state index contributed by atoms with van der Waals surface area (Å²) in [7, 11) is 0. The fourth-order valence-electron chi connectivity index (χ4n) is 6.33. The van der Waals surface area contributed by atoms with Gasteiger partial charge in [-0.05, 0) is 131 Å². The molecule has 2 aliphatic heterocycles. The Labute approximate surface area is 377 Å². The number of aliphatic imine (C=N–C) groups is 2. The van der Waals surface area contributed by atoms with Crippen molar-refractivity contribution in [1.82, 2.24) is 20.4 Å². The summed E-state index contributed by atoms with van der Waals surface area (Å²) < 4.78 is 65.0. The number of nitrogens with zero attached hydrogens (tertiary/aromatic N) is 5. The van der Waals surface area contributed by atoms with Crippen molar-refractivity contribution in [3.8, 4) is 0 Å². The molecule has 5 amide bonds. The van der Waals surface area contributed by atoms with Gasteiger partial charge in [-0.1, -0.05) is 18.2 Å². The zero-order chi connectivity index (χ0) is 48.7. The number of alkyl halides is 3. The van der Waals surface area contributed by atoms with Crippen molar-refractivity contribution >= 4 is 59.1 Å². The van der Waals surface area contributed by atoms with Gasteiger partial charge in [-0.3, -0.25) is 15.4 Å². The summed E-state index contributed by atoms with van der Waals surface area (Å²) in [5.74, 6) is -0.825. The van der Waals surface area contributed by atoms with Gasteiger partial charge >= 0.3 is 30.5 Å². The minimum absolute atomic E-state index is 0.0366. The van der Waals surface area contributed by atoms with Crippen LogP contribution in [-0.2, 0) is 25.1 Å². The number of ether oxygens (including phenoxy) is 4. The molecule has 0 bridgehead atoms. The Kier molecular flexibility index (Phi) is 16.0. The van der Waals surface area contributed by atoms with E-state index in [4.69, 9.17) is 18.9 Å². The maximum absolute atomic E-state index is 14.6. The van der Waals surface area contributed by atoms with Crippen LogP contribution in [0.25, 0.3) is 5.57 Å². The highest BCUT2D eigenvalue weighted by atomic mass is 19.4. The molecule has 0 spiro atoms. The first-order chi connectivity index (χ1) is 29.8. The fourth-order valence-corrected chi connectivity index (χ4v) is 6.33. The van der Waals surface area contributed by atoms with E-state index in [-0.39, 0.29) is 61.6 Å². The lowest BCUT2D eigenvalue weighted by Crippen LogP contribution is -2.54. The SMILES string of the molecule is CC(C)(C)OC(=O)N=C(NC(=O)OC(C)(C)C)N1CC=C(c2ccc(C(=O)Nc3ccc(N4CCN(C(=NC(=O)OC(C)(C)C)NC(=O)OC(C)(C)C)CC4)c(C(F)(F)F)c3)cc2)CC1. The summed E-state index contributed by atoms with van der Waals surface area (Å²) in [5, 5.41) is 7.60. The molecule has 0 radical (unpaired) electrons. The number of hydrogen-bond acceptors (Lipinski definition) is 10. The van der Waals surface area contributed by atoms with Gasteiger partial charge in [-0.15, -0.1) is 9.98 Å². The Morgan fingerprint density at radius 2 is 1.08 bits per heavy atom. The first-order valence-corrected chi connectivity index (χ1v) is 21.0. The predicted molar refractivity (Wildman–Crippen MR) is 240 cm³/mol. The number of anilines is 2. The number of piperazine rings is 1. The molecule has 0 saturated carbocycles. The lowest BCUT2D eigenvalue weighted by molar-refractivity contribution is -0.137. The van der Waals surface area contributed by atoms with Gasteiger partial charge in [0.2, 0.25) is 11.9 Å². The zero-order valence-electron chi connectivity index (χ0n) is 39.1. The molecule has 2 aliphatic rings. The number of hydrogen-bond donors (Lipinski definition) is 3. The summed E-state index contributed by atoms with van der Waals surface area (Å²) in [4.78, 5) is 76.5. The third-order valence-corrected chi connectivity index (χ3v) is 8.91. The maximum atomic E-state index is 14.6. The van der Waals surface area contributed by atoms with Crippen molar-refractivity contribution in [2.24, 2.45) is 9.98 Å². The Bertz CT molecular complexity index is 2170. The third kappa shape index (κ3) is 16.9. The summed E-state index contributed by atoms with van der Waals surface area (Å²) in [6.07, 6.45) is -5.95. The van der Waals surface area contributed by atoms with Crippen LogP contribution in [0, 0.1) is 0 Å². The molecule has 20 heteroatoms. The number of guanidine groups is 2. The number of amides is 5. The summed E-state index contributed by atoms with van der Waals surface area (Å²) in [6.45, 7) is 21.0. The van der Waals surface area contributed by atoms with E-state index in [1.54, 1.807) is 117 Å². The van der Waals surface area contributed by atoms with E-state index in [1.807, 2.05) is 6.08 Å². The molecule has 0 atom stereocenters. The fraction of sp³-hybridized carbons (Fsp3) is 0.533. The largest absolute Gasteiger partial charge is 0.444 e. The first kappa shape index (κ1) is 51.3. The lowest BCUT2D eigenvalue weighted by atomic mass is 9.98. The van der Waals surface area contributed by atoms with Gasteiger partial charge in [0, 0.05) is 56.2 Å². The van der Waals surface area contributed by atoms with E-state index in [0.29, 0.717) is 13.0 Å². The second-order valence-electron chi connectivity index (χ2n) is 19.2. The number of halogens is 3. The molecule has 3 N–H and O–H groups in total. The van der Waals surface area contributed by atoms with Gasteiger partial charge in [0.05, 0.1) is 5.56 Å². The van der Waals surface area contributed by atoms with Crippen LogP contribution in [0.15, 0.2) is 58.5 Å². The number of nitrogens with one attached hydrogen (secondary N) is 3. The maximum Gasteiger partial charge on any atom is 0.437 e. The molecule has 2 aromatic rings. The van der Waals surface area contributed by atoms with Crippen LogP contribution in [0.1, 0.15) is 111 Å². The van der Waals surface area contributed by atoms with Crippen LogP contribution >= 0.6 is 0 Å². The lowest BCUT2D eigenvalue weighted by Gasteiger charge is -2.38. The highest BCUT2D eigenvalue weighted by Crippen LogP contribution is 2.39. The number of alkyl carbamates (subject to hydrolysis) is 2. The topological polar surface area (TPSA) is 193 Å². The van der Waals surface area contributed by atoms with Gasteiger partial charge in [0.25, 0.3) is 5.91 Å². The standard InChI is InChI=1S/C45H61F3N8O9/c1-41(2,3)62-37(58)50-35(51-38(59)63-42(4,5)6)55-21-19-29(20-22-55)28-13-15-30(16-14-28)34(57)49-31-17-18-33(32(27-31)45(46,47)48)54-23-25-56(26-24-54)36(52-39(60)64-43(7,8)9)53-40(61)65-44(10,11)12/h13-19,27H,20-26H2,1-12H3,(H,49,57)(H,50,51,58,59)(H,52,53,60,61). The second-order valence-corrected chi connectivity index (χ2v) is 19.2. The minimum Gasteiger partial charge on any atom is -0.444 e. The molecule has 0 aliphatic carbocycles. The van der Waals surface area contributed by atoms with Crippen LogP contribution < -0.4 is 20.9 Å². The summed E-state index contributed by atoms with van der Waals surface area (Å²) >= 11 is 0. The monoisotopic (exact) mass is 914 g/mol. The highest BCUT2D eigenvalue weighted by molar-refractivity contribution is 6.05. The Morgan fingerprint density at radius 1 is 0.600 bits per heavy atom. The first-order valence-electron chi connectivity index (χ1n) is 21.0. The third-order valence-electron chi connectivity index (χ3n) is 8.91. The van der Waals surface area contributed by atoms with Gasteiger partial charge in [-0.2, -0.15) is 13.2 Å². The van der Waals surface area contributed by atoms with E-state index < -0.39 is 64.4 Å². The zero-order valence-corrected chi connectivity index (χ0v) is 39.1. The number of rotatable bonds is 4. The molecule has 0 aromatic heterocycles. The molecular weight excluding hydrogens is 854 g/mol. The number of carbonyl (C=O) groups excluding carboxylic acids is 5.